The van der Waals surface area contributed by atoms with Crippen molar-refractivity contribution in [1.29, 1.82) is 0 Å². The molecule has 4 N–H and O–H groups in total. The van der Waals surface area contributed by atoms with Gasteiger partial charge in [0, 0.05) is 12.1 Å². The molecule has 0 radical (unpaired) electrons. The van der Waals surface area contributed by atoms with Crippen LogP contribution >= 0.6 is 0 Å². The molecule has 1 heterocycles. The predicted molar refractivity (Wildman–Crippen MR) is 77.0 cm³/mol. The van der Waals surface area contributed by atoms with Gasteiger partial charge in [0.05, 0.1) is 6.10 Å². The van der Waals surface area contributed by atoms with E-state index in [1.165, 1.54) is 12.7 Å². The molecule has 1 aromatic heterocycles. The molecular weight excluding hydrogens is 240 g/mol. The van der Waals surface area contributed by atoms with Gasteiger partial charge in [-0.1, -0.05) is 20.3 Å². The van der Waals surface area contributed by atoms with Crippen LogP contribution in [-0.4, -0.2) is 27.7 Å². The first-order valence-electron chi connectivity index (χ1n) is 7.10. The van der Waals surface area contributed by atoms with Gasteiger partial charge in [0.1, 0.15) is 18.0 Å². The molecule has 0 amide bonds. The van der Waals surface area contributed by atoms with Crippen LogP contribution in [-0.2, 0) is 0 Å². The number of aliphatic hydroxyl groups is 1. The number of hydrogen-bond acceptors (Lipinski definition) is 5. The third-order valence-electron chi connectivity index (χ3n) is 3.81. The summed E-state index contributed by atoms with van der Waals surface area (Å²) in [5.74, 6) is 2.19. The molecule has 19 heavy (non-hydrogen) atoms. The first kappa shape index (κ1) is 14.1. The lowest BCUT2D eigenvalue weighted by Crippen LogP contribution is -2.25. The van der Waals surface area contributed by atoms with Gasteiger partial charge in [-0.15, -0.1) is 0 Å². The molecule has 2 rings (SSSR count). The van der Waals surface area contributed by atoms with Gasteiger partial charge in [-0.2, -0.15) is 0 Å². The van der Waals surface area contributed by atoms with Crippen molar-refractivity contribution in [1.82, 2.24) is 9.97 Å². The Hall–Kier alpha value is -1.36. The number of nitrogens with one attached hydrogen (secondary N) is 1. The standard InChI is InChI=1S/C14H24N4O/c1-9(2)12-13(15)17-8-18-14(12)16-7-10-4-3-5-11(19)6-10/h8-11,19H,3-7H2,1-2H3,(H3,15,16,17,18). The minimum absolute atomic E-state index is 0.138. The number of anilines is 2. The lowest BCUT2D eigenvalue weighted by atomic mass is 9.87. The Morgan fingerprint density at radius 3 is 2.89 bits per heavy atom. The molecule has 1 aromatic rings. The molecule has 0 saturated heterocycles. The molecule has 106 valence electrons. The largest absolute Gasteiger partial charge is 0.393 e. The molecule has 5 heteroatoms. The maximum atomic E-state index is 9.69. The maximum absolute atomic E-state index is 9.69. The highest BCUT2D eigenvalue weighted by Crippen LogP contribution is 2.28. The van der Waals surface area contributed by atoms with E-state index in [9.17, 15) is 5.11 Å². The molecule has 0 aliphatic heterocycles. The highest BCUT2D eigenvalue weighted by atomic mass is 16.3. The highest BCUT2D eigenvalue weighted by Gasteiger charge is 2.21. The summed E-state index contributed by atoms with van der Waals surface area (Å²) in [4.78, 5) is 8.35. The van der Waals surface area contributed by atoms with Crippen LogP contribution in [0.15, 0.2) is 6.33 Å². The monoisotopic (exact) mass is 264 g/mol. The Labute approximate surface area is 114 Å². The molecular formula is C14H24N4O. The number of aliphatic hydroxyl groups excluding tert-OH is 1. The molecule has 1 aliphatic carbocycles. The summed E-state index contributed by atoms with van der Waals surface area (Å²) in [6.45, 7) is 5.02. The Morgan fingerprint density at radius 1 is 1.42 bits per heavy atom. The van der Waals surface area contributed by atoms with Crippen molar-refractivity contribution in [3.63, 3.8) is 0 Å². The topological polar surface area (TPSA) is 84.1 Å². The van der Waals surface area contributed by atoms with Crippen molar-refractivity contribution < 1.29 is 5.11 Å². The SMILES string of the molecule is CC(C)c1c(N)ncnc1NCC1CCCC(O)C1. The summed E-state index contributed by atoms with van der Waals surface area (Å²) in [7, 11) is 0. The van der Waals surface area contributed by atoms with Crippen LogP contribution in [0.1, 0.15) is 51.0 Å². The zero-order chi connectivity index (χ0) is 13.8. The van der Waals surface area contributed by atoms with Crippen LogP contribution in [0.25, 0.3) is 0 Å². The van der Waals surface area contributed by atoms with Crippen molar-refractivity contribution in [3.8, 4) is 0 Å². The lowest BCUT2D eigenvalue weighted by Gasteiger charge is -2.26. The van der Waals surface area contributed by atoms with Gasteiger partial charge in [-0.3, -0.25) is 0 Å². The van der Waals surface area contributed by atoms with E-state index in [4.69, 9.17) is 5.73 Å². The van der Waals surface area contributed by atoms with E-state index in [1.807, 2.05) is 0 Å². The van der Waals surface area contributed by atoms with E-state index in [0.717, 1.165) is 37.2 Å². The average Bonchev–Trinajstić information content (AvgIpc) is 2.36. The lowest BCUT2D eigenvalue weighted by molar-refractivity contribution is 0.104. The van der Waals surface area contributed by atoms with Crippen molar-refractivity contribution in [2.24, 2.45) is 5.92 Å². The predicted octanol–water partition coefficient (Wildman–Crippen LogP) is 2.15. The van der Waals surface area contributed by atoms with Crippen LogP contribution in [0.2, 0.25) is 0 Å². The van der Waals surface area contributed by atoms with E-state index < -0.39 is 0 Å². The number of hydrogen-bond donors (Lipinski definition) is 3. The second-order valence-corrected chi connectivity index (χ2v) is 5.74. The summed E-state index contributed by atoms with van der Waals surface area (Å²) in [6.07, 6.45) is 5.46. The van der Waals surface area contributed by atoms with Gasteiger partial charge < -0.3 is 16.2 Å². The van der Waals surface area contributed by atoms with Crippen LogP contribution in [0.3, 0.4) is 0 Å². The quantitative estimate of drug-likeness (QED) is 0.776. The molecule has 1 saturated carbocycles. The highest BCUT2D eigenvalue weighted by molar-refractivity contribution is 5.56. The summed E-state index contributed by atoms with van der Waals surface area (Å²) in [5, 5.41) is 13.1. The normalized spacial score (nSPS) is 23.6. The number of nitrogens with zero attached hydrogens (tertiary/aromatic N) is 2. The van der Waals surface area contributed by atoms with Crippen molar-refractivity contribution in [2.75, 3.05) is 17.6 Å². The molecule has 5 nitrogen and oxygen atoms in total. The third kappa shape index (κ3) is 3.56. The number of aromatic nitrogens is 2. The molecule has 1 aliphatic rings. The van der Waals surface area contributed by atoms with Gasteiger partial charge in [-0.05, 0) is 31.1 Å². The number of rotatable bonds is 4. The van der Waals surface area contributed by atoms with Gasteiger partial charge in [0.2, 0.25) is 0 Å². The second kappa shape index (κ2) is 6.19. The molecule has 0 spiro atoms. The Morgan fingerprint density at radius 2 is 2.21 bits per heavy atom. The molecule has 0 bridgehead atoms. The van der Waals surface area contributed by atoms with Gasteiger partial charge in [0.25, 0.3) is 0 Å². The van der Waals surface area contributed by atoms with Crippen LogP contribution in [0.4, 0.5) is 11.6 Å². The second-order valence-electron chi connectivity index (χ2n) is 5.74. The minimum Gasteiger partial charge on any atom is -0.393 e. The van der Waals surface area contributed by atoms with E-state index in [1.54, 1.807) is 0 Å². The first-order chi connectivity index (χ1) is 9.08. The zero-order valence-corrected chi connectivity index (χ0v) is 11.8. The Bertz CT molecular complexity index is 422. The van der Waals surface area contributed by atoms with Crippen molar-refractivity contribution >= 4 is 11.6 Å². The van der Waals surface area contributed by atoms with Crippen LogP contribution < -0.4 is 11.1 Å². The van der Waals surface area contributed by atoms with Crippen molar-refractivity contribution in [3.05, 3.63) is 11.9 Å². The number of nitrogens with two attached hydrogens (primary N) is 1. The van der Waals surface area contributed by atoms with E-state index in [-0.39, 0.29) is 6.10 Å². The zero-order valence-electron chi connectivity index (χ0n) is 11.8. The fourth-order valence-corrected chi connectivity index (χ4v) is 2.81. The fourth-order valence-electron chi connectivity index (χ4n) is 2.81. The number of nitrogen functional groups attached to an aromatic ring is 1. The van der Waals surface area contributed by atoms with E-state index in [2.05, 4.69) is 29.1 Å². The molecule has 2 atom stereocenters. The summed E-state index contributed by atoms with van der Waals surface area (Å²) in [6, 6.07) is 0. The summed E-state index contributed by atoms with van der Waals surface area (Å²) >= 11 is 0. The Kier molecular flexibility index (Phi) is 4.58. The molecule has 2 unspecified atom stereocenters. The fraction of sp³-hybridized carbons (Fsp3) is 0.714. The smallest absolute Gasteiger partial charge is 0.134 e. The first-order valence-corrected chi connectivity index (χ1v) is 7.10. The summed E-state index contributed by atoms with van der Waals surface area (Å²) in [5.41, 5.74) is 6.91. The van der Waals surface area contributed by atoms with E-state index >= 15 is 0 Å². The molecule has 1 fully saturated rings. The average molecular weight is 264 g/mol. The maximum Gasteiger partial charge on any atom is 0.134 e. The van der Waals surface area contributed by atoms with Gasteiger partial charge in [-0.25, -0.2) is 9.97 Å². The minimum atomic E-state index is -0.138. The van der Waals surface area contributed by atoms with Crippen molar-refractivity contribution in [2.45, 2.75) is 51.6 Å². The van der Waals surface area contributed by atoms with Crippen LogP contribution in [0.5, 0.6) is 0 Å². The Balaban J connectivity index is 2.01. The van der Waals surface area contributed by atoms with Gasteiger partial charge in [0.15, 0.2) is 0 Å². The van der Waals surface area contributed by atoms with Gasteiger partial charge >= 0.3 is 0 Å². The van der Waals surface area contributed by atoms with Crippen LogP contribution in [0, 0.1) is 5.92 Å². The summed E-state index contributed by atoms with van der Waals surface area (Å²) < 4.78 is 0. The third-order valence-corrected chi connectivity index (χ3v) is 3.81. The molecule has 0 aromatic carbocycles. The van der Waals surface area contributed by atoms with E-state index in [0.29, 0.717) is 17.7 Å².